The highest BCUT2D eigenvalue weighted by molar-refractivity contribution is 5.94. The van der Waals surface area contributed by atoms with E-state index in [-0.39, 0.29) is 18.2 Å². The van der Waals surface area contributed by atoms with E-state index in [0.717, 1.165) is 22.4 Å². The van der Waals surface area contributed by atoms with E-state index in [1.165, 1.54) is 0 Å². The molecule has 0 bridgehead atoms. The third kappa shape index (κ3) is 6.27. The van der Waals surface area contributed by atoms with Crippen molar-refractivity contribution >= 4 is 18.0 Å². The van der Waals surface area contributed by atoms with Crippen LogP contribution < -0.4 is 15.5 Å². The molecule has 0 spiro atoms. The maximum Gasteiger partial charge on any atom is 0.251 e. The summed E-state index contributed by atoms with van der Waals surface area (Å²) in [6.07, 6.45) is 1.61. The fraction of sp³-hybridized carbons (Fsp3) is 0.160. The predicted molar refractivity (Wildman–Crippen MR) is 121 cm³/mol. The first-order valence-corrected chi connectivity index (χ1v) is 9.94. The molecule has 0 fully saturated rings. The Hall–Kier alpha value is -3.93. The Labute approximate surface area is 182 Å². The summed E-state index contributed by atoms with van der Waals surface area (Å²) in [4.78, 5) is 25.1. The van der Waals surface area contributed by atoms with Gasteiger partial charge in [0, 0.05) is 5.56 Å². The number of ether oxygens (including phenoxy) is 1. The number of rotatable bonds is 8. The first-order chi connectivity index (χ1) is 15.1. The van der Waals surface area contributed by atoms with Gasteiger partial charge in [-0.3, -0.25) is 9.59 Å². The number of nitrogens with one attached hydrogen (secondary N) is 2. The van der Waals surface area contributed by atoms with Crippen LogP contribution in [0.15, 0.2) is 84.0 Å². The van der Waals surface area contributed by atoms with Gasteiger partial charge in [-0.2, -0.15) is 5.10 Å². The lowest BCUT2D eigenvalue weighted by molar-refractivity contribution is -0.121. The molecule has 0 saturated carbocycles. The van der Waals surface area contributed by atoms with Gasteiger partial charge in [0.1, 0.15) is 5.75 Å². The summed E-state index contributed by atoms with van der Waals surface area (Å²) in [5, 5.41) is 6.98. The van der Waals surface area contributed by atoms with Gasteiger partial charge in [-0.05, 0) is 41.8 Å². The lowest BCUT2D eigenvalue weighted by Gasteiger charge is -2.18. The number of amides is 2. The summed E-state index contributed by atoms with van der Waals surface area (Å²) < 4.78 is 5.30. The van der Waals surface area contributed by atoms with Crippen LogP contribution in [-0.4, -0.2) is 25.1 Å². The van der Waals surface area contributed by atoms with Gasteiger partial charge >= 0.3 is 0 Å². The van der Waals surface area contributed by atoms with Gasteiger partial charge in [0.2, 0.25) is 5.91 Å². The second kappa shape index (κ2) is 10.7. The molecule has 0 saturated heterocycles. The molecule has 6 nitrogen and oxygen atoms in total. The number of methoxy groups -OCH3 is 1. The van der Waals surface area contributed by atoms with Crippen molar-refractivity contribution in [3.8, 4) is 5.75 Å². The van der Waals surface area contributed by atoms with Crippen LogP contribution in [0.25, 0.3) is 0 Å². The number of carbonyl (C=O) groups excluding carboxylic acids is 2. The Kier molecular flexibility index (Phi) is 7.54. The number of hydrazone groups is 1. The van der Waals surface area contributed by atoms with Crippen molar-refractivity contribution in [2.45, 2.75) is 19.4 Å². The van der Waals surface area contributed by atoms with Crippen LogP contribution in [-0.2, 0) is 4.79 Å². The number of nitrogens with zero attached hydrogens (tertiary/aromatic N) is 1. The molecule has 0 aliphatic heterocycles. The number of benzene rings is 3. The zero-order valence-electron chi connectivity index (χ0n) is 17.5. The summed E-state index contributed by atoms with van der Waals surface area (Å²) in [5.41, 5.74) is 5.74. The molecule has 158 valence electrons. The molecular weight excluding hydrogens is 390 g/mol. The Morgan fingerprint density at radius 3 is 2.35 bits per heavy atom. The molecule has 6 heteroatoms. The SMILES string of the molecule is COc1cc(/C=N\NC(=O)C[C@@H](NC(=O)c2ccccc2)c2ccccc2)ccc1C. The summed E-state index contributed by atoms with van der Waals surface area (Å²) in [6, 6.07) is 23.5. The summed E-state index contributed by atoms with van der Waals surface area (Å²) in [6.45, 7) is 1.95. The molecule has 0 aliphatic rings. The molecule has 1 atom stereocenters. The van der Waals surface area contributed by atoms with Crippen LogP contribution in [0.1, 0.15) is 39.5 Å². The van der Waals surface area contributed by atoms with E-state index in [2.05, 4.69) is 15.8 Å². The first kappa shape index (κ1) is 21.8. The van der Waals surface area contributed by atoms with Crippen LogP contribution in [0.5, 0.6) is 5.75 Å². The third-order valence-corrected chi connectivity index (χ3v) is 4.77. The maximum absolute atomic E-state index is 12.6. The first-order valence-electron chi connectivity index (χ1n) is 9.94. The van der Waals surface area contributed by atoms with Crippen molar-refractivity contribution in [3.63, 3.8) is 0 Å². The standard InChI is InChI=1S/C25H25N3O3/c1-18-13-14-19(15-23(18)31-2)17-26-28-24(29)16-22(20-9-5-3-6-10-20)27-25(30)21-11-7-4-8-12-21/h3-15,17,22H,16H2,1-2H3,(H,27,30)(H,28,29)/b26-17-/t22-/m1/s1. The molecule has 0 aliphatic carbocycles. The largest absolute Gasteiger partial charge is 0.496 e. The van der Waals surface area contributed by atoms with Gasteiger partial charge in [-0.15, -0.1) is 0 Å². The summed E-state index contributed by atoms with van der Waals surface area (Å²) in [5.74, 6) is 0.207. The van der Waals surface area contributed by atoms with E-state index >= 15 is 0 Å². The van der Waals surface area contributed by atoms with Gasteiger partial charge in [0.05, 0.1) is 25.8 Å². The summed E-state index contributed by atoms with van der Waals surface area (Å²) >= 11 is 0. The highest BCUT2D eigenvalue weighted by Gasteiger charge is 2.19. The molecule has 3 aromatic rings. The van der Waals surface area contributed by atoms with E-state index in [0.29, 0.717) is 5.56 Å². The van der Waals surface area contributed by atoms with Crippen LogP contribution in [0.4, 0.5) is 0 Å². The predicted octanol–water partition coefficient (Wildman–Crippen LogP) is 4.02. The molecule has 3 aromatic carbocycles. The number of hydrogen-bond donors (Lipinski definition) is 2. The van der Waals surface area contributed by atoms with Crippen molar-refractivity contribution in [1.82, 2.24) is 10.7 Å². The number of carbonyl (C=O) groups is 2. The Morgan fingerprint density at radius 1 is 1.00 bits per heavy atom. The fourth-order valence-electron chi connectivity index (χ4n) is 3.10. The van der Waals surface area contributed by atoms with E-state index in [4.69, 9.17) is 4.74 Å². The molecule has 3 rings (SSSR count). The molecule has 31 heavy (non-hydrogen) atoms. The van der Waals surface area contributed by atoms with Crippen molar-refractivity contribution in [2.24, 2.45) is 5.10 Å². The van der Waals surface area contributed by atoms with E-state index in [1.54, 1.807) is 37.6 Å². The van der Waals surface area contributed by atoms with Crippen LogP contribution >= 0.6 is 0 Å². The maximum atomic E-state index is 12.6. The molecule has 2 amide bonds. The van der Waals surface area contributed by atoms with Crippen LogP contribution in [0, 0.1) is 6.92 Å². The summed E-state index contributed by atoms with van der Waals surface area (Å²) in [7, 11) is 1.61. The lowest BCUT2D eigenvalue weighted by atomic mass is 10.0. The monoisotopic (exact) mass is 415 g/mol. The lowest BCUT2D eigenvalue weighted by Crippen LogP contribution is -2.32. The van der Waals surface area contributed by atoms with Gasteiger partial charge in [-0.25, -0.2) is 5.43 Å². The Bertz CT molecular complexity index is 1050. The molecular formula is C25H25N3O3. The normalized spacial score (nSPS) is 11.7. The van der Waals surface area contributed by atoms with Crippen molar-refractivity contribution in [1.29, 1.82) is 0 Å². The minimum Gasteiger partial charge on any atom is -0.496 e. The highest BCUT2D eigenvalue weighted by atomic mass is 16.5. The Balaban J connectivity index is 1.66. The molecule has 0 heterocycles. The molecule has 0 aromatic heterocycles. The van der Waals surface area contributed by atoms with Gasteiger partial charge in [0.25, 0.3) is 5.91 Å². The number of hydrogen-bond acceptors (Lipinski definition) is 4. The van der Waals surface area contributed by atoms with Gasteiger partial charge in [-0.1, -0.05) is 60.7 Å². The average molecular weight is 415 g/mol. The van der Waals surface area contributed by atoms with Crippen molar-refractivity contribution < 1.29 is 14.3 Å². The quantitative estimate of drug-likeness (QED) is 0.431. The second-order valence-corrected chi connectivity index (χ2v) is 7.03. The average Bonchev–Trinajstić information content (AvgIpc) is 2.80. The zero-order chi connectivity index (χ0) is 22.1. The molecule has 0 radical (unpaired) electrons. The molecule has 2 N–H and O–H groups in total. The smallest absolute Gasteiger partial charge is 0.251 e. The van der Waals surface area contributed by atoms with Gasteiger partial charge in [0.15, 0.2) is 0 Å². The Morgan fingerprint density at radius 2 is 1.68 bits per heavy atom. The van der Waals surface area contributed by atoms with E-state index in [1.807, 2.05) is 61.5 Å². The molecule has 0 unspecified atom stereocenters. The van der Waals surface area contributed by atoms with E-state index < -0.39 is 6.04 Å². The van der Waals surface area contributed by atoms with Gasteiger partial charge < -0.3 is 10.1 Å². The van der Waals surface area contributed by atoms with Crippen molar-refractivity contribution in [2.75, 3.05) is 7.11 Å². The minimum absolute atomic E-state index is 0.0527. The zero-order valence-corrected chi connectivity index (χ0v) is 17.5. The minimum atomic E-state index is -0.483. The topological polar surface area (TPSA) is 79.8 Å². The fourth-order valence-corrected chi connectivity index (χ4v) is 3.10. The third-order valence-electron chi connectivity index (χ3n) is 4.77. The highest BCUT2D eigenvalue weighted by Crippen LogP contribution is 2.19. The van der Waals surface area contributed by atoms with Crippen LogP contribution in [0.3, 0.4) is 0 Å². The van der Waals surface area contributed by atoms with E-state index in [9.17, 15) is 9.59 Å². The van der Waals surface area contributed by atoms with Crippen molar-refractivity contribution in [3.05, 3.63) is 101 Å². The van der Waals surface area contributed by atoms with Crippen LogP contribution in [0.2, 0.25) is 0 Å². The number of aryl methyl sites for hydroxylation is 1. The second-order valence-electron chi connectivity index (χ2n) is 7.03.